The van der Waals surface area contributed by atoms with E-state index >= 15 is 0 Å². The molecular weight excluding hydrogens is 266 g/mol. The summed E-state index contributed by atoms with van der Waals surface area (Å²) in [5, 5.41) is 8.23. The van der Waals surface area contributed by atoms with Gasteiger partial charge in [0.25, 0.3) is 0 Å². The molecule has 0 saturated heterocycles. The molecule has 0 aliphatic rings. The number of primary amides is 1. The van der Waals surface area contributed by atoms with Crippen LogP contribution in [0.4, 0.5) is 0 Å². The third-order valence-electron chi connectivity index (χ3n) is 0.997. The minimum atomic E-state index is -2.77. The molecule has 0 saturated carbocycles. The van der Waals surface area contributed by atoms with Gasteiger partial charge in [-0.25, -0.2) is 0 Å². The number of rotatable bonds is 3. The minimum absolute atomic E-state index is 0. The molecule has 0 rings (SSSR count). The van der Waals surface area contributed by atoms with Crippen molar-refractivity contribution in [2.75, 3.05) is 6.54 Å². The second-order valence-electron chi connectivity index (χ2n) is 2.90. The molecule has 0 heterocycles. The molecule has 0 spiro atoms. The van der Waals surface area contributed by atoms with Gasteiger partial charge in [0.2, 0.25) is 5.91 Å². The van der Waals surface area contributed by atoms with Gasteiger partial charge in [-0.1, -0.05) is 48.8 Å². The van der Waals surface area contributed by atoms with E-state index in [0.717, 1.165) is 13.8 Å². The summed E-state index contributed by atoms with van der Waals surface area (Å²) in [7, 11) is 0. The number of carbonyl (C=O) groups excluding carboxylic acids is 1. The van der Waals surface area contributed by atoms with Gasteiger partial charge in [0, 0.05) is 22.3 Å². The van der Waals surface area contributed by atoms with E-state index in [1.807, 2.05) is 0 Å². The maximum absolute atomic E-state index is 10.3. The van der Waals surface area contributed by atoms with Gasteiger partial charge in [-0.05, 0) is 12.4 Å². The van der Waals surface area contributed by atoms with Crippen LogP contribution in [0, 0.1) is 17.7 Å². The van der Waals surface area contributed by atoms with Crippen LogP contribution >= 0.6 is 0 Å². The van der Waals surface area contributed by atoms with Crippen molar-refractivity contribution in [3.63, 3.8) is 0 Å². The molecular formula is C13H36AlLiN2O3. The summed E-state index contributed by atoms with van der Waals surface area (Å²) in [6.07, 6.45) is 0. The third kappa shape index (κ3) is 52.0. The quantitative estimate of drug-likeness (QED) is 0.525. The first kappa shape index (κ1) is 10.7. The van der Waals surface area contributed by atoms with Gasteiger partial charge in [-0.15, -0.1) is 0 Å². The Morgan fingerprint density at radius 2 is 1.65 bits per heavy atom. The molecule has 0 aliphatic carbocycles. The smallest absolute Gasteiger partial charge is 1.00 e. The molecule has 7 heteroatoms. The van der Waals surface area contributed by atoms with Gasteiger partial charge in [-0.2, -0.15) is 0 Å². The summed E-state index contributed by atoms with van der Waals surface area (Å²) in [6.45, 7) is -4.67. The molecule has 1 amide bonds. The molecule has 0 aliphatic heterocycles. The van der Waals surface area contributed by atoms with Gasteiger partial charge < -0.3 is 18.0 Å². The fraction of sp³-hybridized carbons (Fsp3) is 0.846. The van der Waals surface area contributed by atoms with E-state index in [9.17, 15) is 9.59 Å². The molecule has 0 aromatic heterocycles. The van der Waals surface area contributed by atoms with E-state index in [0.29, 0.717) is 0 Å². The topological polar surface area (TPSA) is 106 Å². The zero-order chi connectivity index (χ0) is 24.9. The van der Waals surface area contributed by atoms with Crippen LogP contribution < -0.4 is 30.3 Å². The van der Waals surface area contributed by atoms with Crippen molar-refractivity contribution < 1.29 is 51.4 Å². The Morgan fingerprint density at radius 3 is 1.65 bits per heavy atom. The van der Waals surface area contributed by atoms with E-state index in [1.165, 1.54) is 6.92 Å². The van der Waals surface area contributed by atoms with Gasteiger partial charge in [-0.3, -0.25) is 9.59 Å². The minimum Gasteiger partial charge on any atom is -1.00 e. The van der Waals surface area contributed by atoms with Gasteiger partial charge in [0.15, 0.2) is 17.4 Å². The Kier molecular flexibility index (Phi) is 12.9. The van der Waals surface area contributed by atoms with Crippen LogP contribution in [0.5, 0.6) is 0 Å². The fourth-order valence-electron chi connectivity index (χ4n) is 0. The van der Waals surface area contributed by atoms with E-state index in [2.05, 4.69) is 5.73 Å². The largest absolute Gasteiger partial charge is 1.00 e. The second-order valence-corrected chi connectivity index (χ2v) is 2.90. The van der Waals surface area contributed by atoms with Crippen LogP contribution in [0.3, 0.4) is 0 Å². The number of carboxylic acid groups (broad SMARTS) is 1. The van der Waals surface area contributed by atoms with E-state index in [4.69, 9.17) is 27.3 Å². The summed E-state index contributed by atoms with van der Waals surface area (Å²) in [6, 6.07) is 0. The molecule has 3 unspecified atom stereocenters. The Balaban J connectivity index is -0.0000000580. The maximum Gasteiger partial charge on any atom is 1.00 e. The summed E-state index contributed by atoms with van der Waals surface area (Å²) >= 11 is 0. The van der Waals surface area contributed by atoms with Crippen molar-refractivity contribution in [1.29, 1.82) is 0 Å². The van der Waals surface area contributed by atoms with Gasteiger partial charge in [0.05, 0.1) is 5.89 Å². The molecule has 0 bridgehead atoms. The van der Waals surface area contributed by atoms with Crippen molar-refractivity contribution in [2.24, 2.45) is 29.1 Å². The number of carbonyl (C=O) groups is 2. The Morgan fingerprint density at radius 1 is 1.25 bits per heavy atom. The Labute approximate surface area is 165 Å². The Hall–Kier alpha value is 0.0299. The van der Waals surface area contributed by atoms with Crippen molar-refractivity contribution in [3.05, 3.63) is 0 Å². The van der Waals surface area contributed by atoms with Crippen molar-refractivity contribution in [3.8, 4) is 0 Å². The summed E-state index contributed by atoms with van der Waals surface area (Å²) in [4.78, 5) is 20.5. The molecule has 0 aromatic rings. The van der Waals surface area contributed by atoms with Crippen LogP contribution in [-0.4, -0.2) is 40.9 Å². The zero-order valence-corrected chi connectivity index (χ0v) is 11.1. The maximum atomic E-state index is 10.3. The average molecular weight is 314 g/mol. The SMILES string of the molecule is C.[2H]C([2H])([2H])C([2H])(C)C(=O)O.[2H]C([2H])([2H])C([2H])(C)C(N)=O.[2H]C([2H])([2H])C([2H])(C)CN.[AlH3].[H-].[Li+]. The predicted octanol–water partition coefficient (Wildman–Crippen LogP) is -1.98. The van der Waals surface area contributed by atoms with Gasteiger partial charge >= 0.3 is 24.8 Å². The summed E-state index contributed by atoms with van der Waals surface area (Å²) < 4.78 is 81.4. The van der Waals surface area contributed by atoms with E-state index in [-0.39, 0.29) is 51.6 Å². The molecule has 0 aromatic carbocycles. The molecule has 5 N–H and O–H groups in total. The van der Waals surface area contributed by atoms with Crippen LogP contribution in [-0.2, 0) is 9.59 Å². The molecule has 20 heavy (non-hydrogen) atoms. The number of amides is 1. The third-order valence-corrected chi connectivity index (χ3v) is 0.997. The fourth-order valence-corrected chi connectivity index (χ4v) is 0. The molecule has 120 valence electrons. The number of carboxylic acids is 1. The van der Waals surface area contributed by atoms with Crippen LogP contribution in [0.25, 0.3) is 0 Å². The molecule has 5 nitrogen and oxygen atoms in total. The van der Waals surface area contributed by atoms with Crippen molar-refractivity contribution in [2.45, 2.75) is 48.8 Å². The van der Waals surface area contributed by atoms with Crippen molar-refractivity contribution >= 4 is 29.2 Å². The van der Waals surface area contributed by atoms with E-state index in [1.54, 1.807) is 0 Å². The van der Waals surface area contributed by atoms with Gasteiger partial charge in [0.1, 0.15) is 0 Å². The number of nitrogens with two attached hydrogens (primary N) is 2. The van der Waals surface area contributed by atoms with Crippen molar-refractivity contribution in [1.82, 2.24) is 0 Å². The molecule has 0 radical (unpaired) electrons. The number of hydrogen-bond acceptors (Lipinski definition) is 3. The first-order chi connectivity index (χ1) is 12.2. The first-order valence-electron chi connectivity index (χ1n) is 10.4. The standard InChI is InChI=1S/C4H9NO.C4H11N.C4H8O2.CH4.Al.Li.4H/c1-3(2)4(5)6;1-4(2)3-5;1-3(2)4(5)6;;;;;;;/h3H,1-2H3,(H2,5,6);4H,3,5H2,1-2H3;3H,1-2H3,(H,5,6);1H4;;;;;;/q;;;;;+1;;;;-1/i1D3,3D;1D3,4D;1D3,3D;;;;;;;. The Bertz CT molecular complexity index is 529. The first-order valence-corrected chi connectivity index (χ1v) is 4.43. The normalized spacial score (nSPS) is 27.4. The molecule has 0 fully saturated rings. The van der Waals surface area contributed by atoms with E-state index < -0.39 is 50.1 Å². The summed E-state index contributed by atoms with van der Waals surface area (Å²) in [5.74, 6) is -8.83. The second kappa shape index (κ2) is 24.1. The number of aliphatic carboxylic acids is 1. The summed E-state index contributed by atoms with van der Waals surface area (Å²) in [5.41, 5.74) is 9.71. The average Bonchev–Trinajstić information content (AvgIpc) is 2.44. The molecule has 3 atom stereocenters. The van der Waals surface area contributed by atoms with Crippen LogP contribution in [0.15, 0.2) is 0 Å². The monoisotopic (exact) mass is 314 g/mol. The zero-order valence-electron chi connectivity index (χ0n) is 24.1. The van der Waals surface area contributed by atoms with Crippen LogP contribution in [0.1, 0.15) is 66.6 Å². The predicted molar refractivity (Wildman–Crippen MR) is 88.2 cm³/mol. The van der Waals surface area contributed by atoms with Crippen LogP contribution in [0.2, 0.25) is 0 Å². The number of hydrogen-bond donors (Lipinski definition) is 3.